The molecule has 8 nitrogen and oxygen atoms in total. The molecular formula is C59H112O8. The first kappa shape index (κ1) is 64.9. The van der Waals surface area contributed by atoms with Crippen LogP contribution in [-0.2, 0) is 38.1 Å². The molecule has 396 valence electrons. The maximum absolute atomic E-state index is 13.8. The molecule has 0 heterocycles. The van der Waals surface area contributed by atoms with Crippen molar-refractivity contribution >= 4 is 23.9 Å². The lowest BCUT2D eigenvalue weighted by Gasteiger charge is -2.29. The molecule has 0 aliphatic rings. The first-order valence-corrected chi connectivity index (χ1v) is 29.1. The number of rotatable bonds is 51. The van der Waals surface area contributed by atoms with Gasteiger partial charge in [0, 0.05) is 6.92 Å². The molecule has 0 fully saturated rings. The van der Waals surface area contributed by atoms with Gasteiger partial charge < -0.3 is 18.9 Å². The molecule has 0 radical (unpaired) electrons. The molecule has 0 rings (SSSR count). The van der Waals surface area contributed by atoms with E-state index >= 15 is 0 Å². The molecule has 0 N–H and O–H groups in total. The molecule has 0 spiro atoms. The molecule has 0 aromatic heterocycles. The van der Waals surface area contributed by atoms with E-state index in [0.29, 0.717) is 19.3 Å². The van der Waals surface area contributed by atoms with Crippen molar-refractivity contribution < 1.29 is 38.1 Å². The van der Waals surface area contributed by atoms with Crippen molar-refractivity contribution in [2.24, 2.45) is 17.8 Å². The third-order valence-electron chi connectivity index (χ3n) is 13.4. The Bertz CT molecular complexity index is 1080. The summed E-state index contributed by atoms with van der Waals surface area (Å²) in [5.74, 6) is -0.611. The van der Waals surface area contributed by atoms with Crippen LogP contribution in [0.25, 0.3) is 0 Å². The molecule has 0 unspecified atom stereocenters. The minimum Gasteiger partial charge on any atom is -0.466 e. The Morgan fingerprint density at radius 3 is 0.746 bits per heavy atom. The Balaban J connectivity index is 4.80. The fourth-order valence-electron chi connectivity index (χ4n) is 9.10. The molecule has 0 bridgehead atoms. The molecule has 0 saturated carbocycles. The van der Waals surface area contributed by atoms with Crippen molar-refractivity contribution in [3.05, 3.63) is 0 Å². The van der Waals surface area contributed by atoms with E-state index in [9.17, 15) is 19.2 Å². The molecule has 0 saturated heterocycles. The molecule has 0 aliphatic heterocycles. The van der Waals surface area contributed by atoms with Crippen molar-refractivity contribution in [1.29, 1.82) is 0 Å². The highest BCUT2D eigenvalue weighted by atomic mass is 16.6. The van der Waals surface area contributed by atoms with Crippen LogP contribution in [0.4, 0.5) is 0 Å². The number of carbonyl (C=O) groups excluding carboxylic acids is 4. The van der Waals surface area contributed by atoms with Crippen molar-refractivity contribution in [1.82, 2.24) is 0 Å². The van der Waals surface area contributed by atoms with E-state index in [-0.39, 0.29) is 19.8 Å². The van der Waals surface area contributed by atoms with Crippen LogP contribution in [-0.4, -0.2) is 49.3 Å². The van der Waals surface area contributed by atoms with Crippen LogP contribution in [0.15, 0.2) is 0 Å². The Morgan fingerprint density at radius 2 is 0.522 bits per heavy atom. The van der Waals surface area contributed by atoms with Crippen LogP contribution in [0.3, 0.4) is 0 Å². The molecule has 0 amide bonds. The highest BCUT2D eigenvalue weighted by Gasteiger charge is 2.48. The fraction of sp³-hybridized carbons (Fsp3) is 0.932. The summed E-state index contributed by atoms with van der Waals surface area (Å²) in [6, 6.07) is 0. The van der Waals surface area contributed by atoms with Gasteiger partial charge in [-0.1, -0.05) is 273 Å². The summed E-state index contributed by atoms with van der Waals surface area (Å²) in [6.45, 7) is 15.5. The second-order valence-corrected chi connectivity index (χ2v) is 21.8. The van der Waals surface area contributed by atoms with E-state index in [0.717, 1.165) is 62.7 Å². The van der Waals surface area contributed by atoms with Crippen LogP contribution >= 0.6 is 0 Å². The predicted molar refractivity (Wildman–Crippen MR) is 281 cm³/mol. The van der Waals surface area contributed by atoms with E-state index in [2.05, 4.69) is 41.5 Å². The number of carbonyl (C=O) groups is 4. The third-order valence-corrected chi connectivity index (χ3v) is 13.4. The maximum atomic E-state index is 13.8. The summed E-state index contributed by atoms with van der Waals surface area (Å²) in [6.07, 6.45) is 46.1. The van der Waals surface area contributed by atoms with Gasteiger partial charge in [0.25, 0.3) is 0 Å². The number of esters is 4. The summed E-state index contributed by atoms with van der Waals surface area (Å²) < 4.78 is 22.4. The third kappa shape index (κ3) is 46.1. The van der Waals surface area contributed by atoms with Gasteiger partial charge in [-0.15, -0.1) is 0 Å². The van der Waals surface area contributed by atoms with Gasteiger partial charge in [0.15, 0.2) is 0 Å². The highest BCUT2D eigenvalue weighted by molar-refractivity contribution is 5.92. The van der Waals surface area contributed by atoms with E-state index < -0.39 is 42.3 Å². The average Bonchev–Trinajstić information content (AvgIpc) is 3.26. The summed E-state index contributed by atoms with van der Waals surface area (Å²) >= 11 is 0. The van der Waals surface area contributed by atoms with Crippen molar-refractivity contribution in [2.75, 3.05) is 19.8 Å². The number of hydrogen-bond donors (Lipinski definition) is 0. The quantitative estimate of drug-likeness (QED) is 0.0337. The van der Waals surface area contributed by atoms with E-state index in [1.807, 2.05) is 0 Å². The SMILES string of the molecule is CC(=O)OC(CC(=O)OCCCCCCCCCCCCCCC(C)C)(CC(=O)OCCCCCCCCCCCCCCC(C)C)C(=O)OCCCCCCCCCCCCCCC(C)C. The molecule has 0 aromatic carbocycles. The lowest BCUT2D eigenvalue weighted by atomic mass is 9.95. The predicted octanol–water partition coefficient (Wildman–Crippen LogP) is 17.9. The number of hydrogen-bond acceptors (Lipinski definition) is 8. The molecule has 0 aromatic rings. The summed E-state index contributed by atoms with van der Waals surface area (Å²) in [5, 5.41) is 0. The lowest BCUT2D eigenvalue weighted by molar-refractivity contribution is -0.190. The zero-order chi connectivity index (χ0) is 49.5. The normalized spacial score (nSPS) is 11.8. The van der Waals surface area contributed by atoms with E-state index in [1.54, 1.807) is 0 Å². The van der Waals surface area contributed by atoms with Crippen LogP contribution in [0, 0.1) is 17.8 Å². The van der Waals surface area contributed by atoms with Crippen LogP contribution in [0.5, 0.6) is 0 Å². The number of unbranched alkanes of at least 4 members (excludes halogenated alkanes) is 33. The molecule has 8 heteroatoms. The van der Waals surface area contributed by atoms with Crippen LogP contribution in [0.2, 0.25) is 0 Å². The van der Waals surface area contributed by atoms with Gasteiger partial charge in [-0.05, 0) is 37.0 Å². The highest BCUT2D eigenvalue weighted by Crippen LogP contribution is 2.27. The monoisotopic (exact) mass is 949 g/mol. The second kappa shape index (κ2) is 47.6. The van der Waals surface area contributed by atoms with Gasteiger partial charge in [-0.2, -0.15) is 0 Å². The Hall–Kier alpha value is -2.12. The first-order chi connectivity index (χ1) is 32.4. The van der Waals surface area contributed by atoms with Crippen molar-refractivity contribution in [2.45, 2.75) is 317 Å². The summed E-state index contributed by atoms with van der Waals surface area (Å²) in [4.78, 5) is 52.7. The Labute approximate surface area is 415 Å². The minimum atomic E-state index is -2.13. The topological polar surface area (TPSA) is 105 Å². The van der Waals surface area contributed by atoms with Crippen LogP contribution < -0.4 is 0 Å². The Morgan fingerprint density at radius 1 is 0.313 bits per heavy atom. The van der Waals surface area contributed by atoms with E-state index in [1.165, 1.54) is 193 Å². The van der Waals surface area contributed by atoms with Gasteiger partial charge in [0.05, 0.1) is 32.7 Å². The fourth-order valence-corrected chi connectivity index (χ4v) is 9.10. The molecule has 67 heavy (non-hydrogen) atoms. The lowest BCUT2D eigenvalue weighted by Crippen LogP contribution is -2.48. The smallest absolute Gasteiger partial charge is 0.351 e. The second-order valence-electron chi connectivity index (χ2n) is 21.8. The van der Waals surface area contributed by atoms with Gasteiger partial charge in [0.1, 0.15) is 0 Å². The first-order valence-electron chi connectivity index (χ1n) is 29.1. The minimum absolute atomic E-state index is 0.125. The van der Waals surface area contributed by atoms with Gasteiger partial charge in [0.2, 0.25) is 5.60 Å². The Kier molecular flexibility index (Phi) is 46.0. The van der Waals surface area contributed by atoms with Crippen LogP contribution in [0.1, 0.15) is 312 Å². The van der Waals surface area contributed by atoms with Crippen molar-refractivity contribution in [3.63, 3.8) is 0 Å². The van der Waals surface area contributed by atoms with Crippen molar-refractivity contribution in [3.8, 4) is 0 Å². The maximum Gasteiger partial charge on any atom is 0.351 e. The molecule has 0 aliphatic carbocycles. The zero-order valence-corrected chi connectivity index (χ0v) is 45.6. The molecular weight excluding hydrogens is 837 g/mol. The summed E-state index contributed by atoms with van der Waals surface area (Å²) in [7, 11) is 0. The standard InChI is InChI=1S/C59H112O8/c1-52(2)44-38-32-26-20-14-8-11-17-23-29-35-41-47-64-56(61)50-59(67-55(7)60,58(63)66-49-43-37-31-25-19-13-10-16-22-28-34-40-46-54(5)6)51-57(62)65-48-42-36-30-24-18-12-9-15-21-27-33-39-45-53(3)4/h52-54H,8-51H2,1-7H3. The van der Waals surface area contributed by atoms with Gasteiger partial charge in [-0.25, -0.2) is 4.79 Å². The summed E-state index contributed by atoms with van der Waals surface area (Å²) in [5.41, 5.74) is -2.13. The van der Waals surface area contributed by atoms with Gasteiger partial charge >= 0.3 is 23.9 Å². The van der Waals surface area contributed by atoms with Gasteiger partial charge in [-0.3, -0.25) is 14.4 Å². The largest absolute Gasteiger partial charge is 0.466 e. The zero-order valence-electron chi connectivity index (χ0n) is 45.6. The number of ether oxygens (including phenoxy) is 4. The average molecular weight is 950 g/mol. The molecule has 0 atom stereocenters. The van der Waals surface area contributed by atoms with E-state index in [4.69, 9.17) is 18.9 Å².